The average Bonchev–Trinajstić information content (AvgIpc) is 2.37. The minimum Gasteiger partial charge on any atom is -0.330 e. The molecule has 1 aromatic heterocycles. The predicted molar refractivity (Wildman–Crippen MR) is 51.3 cm³/mol. The topological polar surface area (TPSA) is 26.0 Å². The molecule has 1 heterocycles. The van der Waals surface area contributed by atoms with Crippen molar-refractivity contribution in [3.05, 3.63) is 21.3 Å². The summed E-state index contributed by atoms with van der Waals surface area (Å²) in [6, 6.07) is 2.03. The molecule has 0 amide bonds. The molecule has 0 saturated carbocycles. The summed E-state index contributed by atoms with van der Waals surface area (Å²) in [6.07, 6.45) is 3.40. The minimum absolute atomic E-state index is 0.791. The molecule has 2 N–H and O–H groups in total. The number of aryl methyl sites for hydroxylation is 1. The first-order valence-corrected chi connectivity index (χ1v) is 5.01. The van der Waals surface area contributed by atoms with Gasteiger partial charge >= 0.3 is 0 Å². The molecule has 0 unspecified atom stereocenters. The second-order valence-corrected chi connectivity index (χ2v) is 3.91. The van der Waals surface area contributed by atoms with Crippen molar-refractivity contribution < 1.29 is 0 Å². The van der Waals surface area contributed by atoms with E-state index in [9.17, 15) is 0 Å². The van der Waals surface area contributed by atoms with Crippen LogP contribution in [-0.4, -0.2) is 6.54 Å². The number of thiophene rings is 1. The number of unbranched alkanes of at least 4 members (excludes halogenated alkanes) is 1. The smallest absolute Gasteiger partial charge is 0.0515 e. The van der Waals surface area contributed by atoms with Crippen molar-refractivity contribution in [2.24, 2.45) is 5.73 Å². The summed E-state index contributed by atoms with van der Waals surface area (Å²) >= 11 is 7.49. The van der Waals surface area contributed by atoms with Crippen molar-refractivity contribution in [3.63, 3.8) is 0 Å². The van der Waals surface area contributed by atoms with Gasteiger partial charge in [0.05, 0.1) is 5.02 Å². The van der Waals surface area contributed by atoms with E-state index in [1.807, 2.05) is 11.4 Å². The molecule has 0 radical (unpaired) electrons. The highest BCUT2D eigenvalue weighted by Crippen LogP contribution is 2.20. The molecule has 0 aliphatic heterocycles. The molecule has 0 aliphatic rings. The Kier molecular flexibility index (Phi) is 3.91. The molecule has 1 nitrogen and oxygen atoms in total. The van der Waals surface area contributed by atoms with Crippen LogP contribution in [0.3, 0.4) is 0 Å². The molecule has 0 aromatic carbocycles. The van der Waals surface area contributed by atoms with Crippen LogP contribution in [0.5, 0.6) is 0 Å². The predicted octanol–water partition coefficient (Wildman–Crippen LogP) is 2.68. The van der Waals surface area contributed by atoms with Gasteiger partial charge in [-0.05, 0) is 31.9 Å². The van der Waals surface area contributed by atoms with Gasteiger partial charge in [0.1, 0.15) is 0 Å². The normalized spacial score (nSPS) is 10.4. The van der Waals surface area contributed by atoms with Crippen LogP contribution >= 0.6 is 22.9 Å². The summed E-state index contributed by atoms with van der Waals surface area (Å²) in [4.78, 5) is 1.36. The standard InChI is InChI=1S/C8H12ClNS/c9-7-5-8(11-6-7)3-1-2-4-10/h5-6H,1-4,10H2. The van der Waals surface area contributed by atoms with Crippen LogP contribution in [0.4, 0.5) is 0 Å². The molecular weight excluding hydrogens is 178 g/mol. The first-order valence-electron chi connectivity index (χ1n) is 3.76. The molecular formula is C8H12ClNS. The fourth-order valence-electron chi connectivity index (χ4n) is 0.928. The lowest BCUT2D eigenvalue weighted by Crippen LogP contribution is -1.98. The molecule has 3 heteroatoms. The highest BCUT2D eigenvalue weighted by molar-refractivity contribution is 7.10. The van der Waals surface area contributed by atoms with Crippen molar-refractivity contribution in [1.29, 1.82) is 0 Å². The lowest BCUT2D eigenvalue weighted by molar-refractivity contribution is 0.751. The van der Waals surface area contributed by atoms with E-state index in [0.717, 1.165) is 24.4 Å². The summed E-state index contributed by atoms with van der Waals surface area (Å²) in [5.41, 5.74) is 5.38. The summed E-state index contributed by atoms with van der Waals surface area (Å²) in [6.45, 7) is 0.791. The van der Waals surface area contributed by atoms with E-state index in [1.165, 1.54) is 11.3 Å². The maximum absolute atomic E-state index is 5.76. The van der Waals surface area contributed by atoms with E-state index in [1.54, 1.807) is 11.3 Å². The molecule has 0 aliphatic carbocycles. The Bertz CT molecular complexity index is 210. The van der Waals surface area contributed by atoms with Gasteiger partial charge in [-0.3, -0.25) is 0 Å². The van der Waals surface area contributed by atoms with E-state index >= 15 is 0 Å². The monoisotopic (exact) mass is 189 g/mol. The lowest BCUT2D eigenvalue weighted by Gasteiger charge is -1.93. The SMILES string of the molecule is NCCCCc1cc(Cl)cs1. The molecule has 1 rings (SSSR count). The van der Waals surface area contributed by atoms with Gasteiger partial charge in [0, 0.05) is 10.3 Å². The average molecular weight is 190 g/mol. The first-order chi connectivity index (χ1) is 5.33. The van der Waals surface area contributed by atoms with E-state index in [4.69, 9.17) is 17.3 Å². The van der Waals surface area contributed by atoms with Crippen LogP contribution in [0.2, 0.25) is 5.02 Å². The fourth-order valence-corrected chi connectivity index (χ4v) is 2.05. The highest BCUT2D eigenvalue weighted by atomic mass is 35.5. The lowest BCUT2D eigenvalue weighted by atomic mass is 10.2. The van der Waals surface area contributed by atoms with Gasteiger partial charge in [0.25, 0.3) is 0 Å². The zero-order chi connectivity index (χ0) is 8.10. The van der Waals surface area contributed by atoms with Crippen molar-refractivity contribution in [2.75, 3.05) is 6.54 Å². The number of hydrogen-bond acceptors (Lipinski definition) is 2. The third kappa shape index (κ3) is 3.23. The van der Waals surface area contributed by atoms with Gasteiger partial charge in [0.2, 0.25) is 0 Å². The van der Waals surface area contributed by atoms with E-state index in [2.05, 4.69) is 0 Å². The molecule has 11 heavy (non-hydrogen) atoms. The molecule has 1 aromatic rings. The zero-order valence-corrected chi connectivity index (χ0v) is 7.92. The van der Waals surface area contributed by atoms with Gasteiger partial charge in [0.15, 0.2) is 0 Å². The van der Waals surface area contributed by atoms with Crippen LogP contribution in [0.15, 0.2) is 11.4 Å². The first kappa shape index (κ1) is 9.04. The largest absolute Gasteiger partial charge is 0.330 e. The third-order valence-corrected chi connectivity index (χ3v) is 2.84. The Morgan fingerprint density at radius 1 is 1.45 bits per heavy atom. The fraction of sp³-hybridized carbons (Fsp3) is 0.500. The quantitative estimate of drug-likeness (QED) is 0.725. The third-order valence-electron chi connectivity index (χ3n) is 1.50. The minimum atomic E-state index is 0.791. The summed E-state index contributed by atoms with van der Waals surface area (Å²) in [5, 5.41) is 2.83. The Morgan fingerprint density at radius 3 is 2.82 bits per heavy atom. The van der Waals surface area contributed by atoms with Crippen molar-refractivity contribution in [2.45, 2.75) is 19.3 Å². The summed E-state index contributed by atoms with van der Waals surface area (Å²) in [7, 11) is 0. The van der Waals surface area contributed by atoms with Crippen LogP contribution in [0.1, 0.15) is 17.7 Å². The Labute approximate surface area is 76.2 Å². The number of nitrogens with two attached hydrogens (primary N) is 1. The molecule has 0 bridgehead atoms. The highest BCUT2D eigenvalue weighted by Gasteiger charge is 1.96. The summed E-state index contributed by atoms with van der Waals surface area (Å²) in [5.74, 6) is 0. The number of halogens is 1. The van der Waals surface area contributed by atoms with Gasteiger partial charge in [-0.15, -0.1) is 11.3 Å². The van der Waals surface area contributed by atoms with Gasteiger partial charge < -0.3 is 5.73 Å². The molecule has 0 fully saturated rings. The second kappa shape index (κ2) is 4.75. The number of rotatable bonds is 4. The second-order valence-electron chi connectivity index (χ2n) is 2.48. The van der Waals surface area contributed by atoms with Crippen molar-refractivity contribution in [3.8, 4) is 0 Å². The van der Waals surface area contributed by atoms with Crippen LogP contribution in [-0.2, 0) is 6.42 Å². The number of hydrogen-bond donors (Lipinski definition) is 1. The van der Waals surface area contributed by atoms with Crippen molar-refractivity contribution >= 4 is 22.9 Å². The zero-order valence-electron chi connectivity index (χ0n) is 6.35. The maximum Gasteiger partial charge on any atom is 0.0515 e. The van der Waals surface area contributed by atoms with Crippen molar-refractivity contribution in [1.82, 2.24) is 0 Å². The van der Waals surface area contributed by atoms with Gasteiger partial charge in [-0.1, -0.05) is 11.6 Å². The van der Waals surface area contributed by atoms with Crippen LogP contribution < -0.4 is 5.73 Å². The molecule has 0 atom stereocenters. The summed E-state index contributed by atoms with van der Waals surface area (Å²) < 4.78 is 0. The van der Waals surface area contributed by atoms with Gasteiger partial charge in [-0.2, -0.15) is 0 Å². The molecule has 62 valence electrons. The van der Waals surface area contributed by atoms with Crippen LogP contribution in [0, 0.1) is 0 Å². The van der Waals surface area contributed by atoms with E-state index in [-0.39, 0.29) is 0 Å². The Hall–Kier alpha value is -0.0500. The molecule has 0 spiro atoms. The maximum atomic E-state index is 5.76. The van der Waals surface area contributed by atoms with E-state index in [0.29, 0.717) is 0 Å². The Morgan fingerprint density at radius 2 is 2.27 bits per heavy atom. The Balaban J connectivity index is 2.27. The molecule has 0 saturated heterocycles. The van der Waals surface area contributed by atoms with Gasteiger partial charge in [-0.25, -0.2) is 0 Å². The van der Waals surface area contributed by atoms with E-state index < -0.39 is 0 Å². The van der Waals surface area contributed by atoms with Crippen LogP contribution in [0.25, 0.3) is 0 Å².